The Bertz CT molecular complexity index is 493. The molecule has 2 fully saturated rings. The van der Waals surface area contributed by atoms with E-state index < -0.39 is 17.2 Å². The van der Waals surface area contributed by atoms with Crippen LogP contribution in [0.2, 0.25) is 0 Å². The van der Waals surface area contributed by atoms with Crippen LogP contribution in [0.25, 0.3) is 0 Å². The standard InChI is InChI=1S/C14H16F2N2O.C2H6/c15-10-5-9(6-11(16)7-10)12-8-17-14(13(19)18-12)3-1-2-4-14;1-2/h5-7,12,17H,1-4,8H2,(H,18,19);1-2H3. The van der Waals surface area contributed by atoms with E-state index in [1.54, 1.807) is 0 Å². The first-order valence-electron chi connectivity index (χ1n) is 7.61. The first-order chi connectivity index (χ1) is 10.1. The fourth-order valence-electron chi connectivity index (χ4n) is 3.09. The lowest BCUT2D eigenvalue weighted by Gasteiger charge is -2.38. The monoisotopic (exact) mass is 296 g/mol. The molecule has 1 aromatic carbocycles. The van der Waals surface area contributed by atoms with Gasteiger partial charge in [-0.15, -0.1) is 0 Å². The molecule has 3 nitrogen and oxygen atoms in total. The number of benzene rings is 1. The van der Waals surface area contributed by atoms with Crippen molar-refractivity contribution in [1.82, 2.24) is 10.6 Å². The molecule has 0 bridgehead atoms. The predicted octanol–water partition coefficient (Wildman–Crippen LogP) is 3.06. The summed E-state index contributed by atoms with van der Waals surface area (Å²) >= 11 is 0. The second kappa shape index (κ2) is 6.52. The van der Waals surface area contributed by atoms with Crippen LogP contribution in [-0.2, 0) is 4.79 Å². The Hall–Kier alpha value is -1.49. The van der Waals surface area contributed by atoms with Gasteiger partial charge in [0.1, 0.15) is 11.6 Å². The highest BCUT2D eigenvalue weighted by Crippen LogP contribution is 2.33. The summed E-state index contributed by atoms with van der Waals surface area (Å²) in [5.41, 5.74) is 0.00809. The lowest BCUT2D eigenvalue weighted by Crippen LogP contribution is -2.62. The van der Waals surface area contributed by atoms with Gasteiger partial charge in [0.25, 0.3) is 0 Å². The van der Waals surface area contributed by atoms with Crippen LogP contribution >= 0.6 is 0 Å². The maximum atomic E-state index is 13.2. The summed E-state index contributed by atoms with van der Waals surface area (Å²) in [6, 6.07) is 2.99. The van der Waals surface area contributed by atoms with Gasteiger partial charge >= 0.3 is 0 Å². The van der Waals surface area contributed by atoms with Gasteiger partial charge in [-0.25, -0.2) is 8.78 Å². The van der Waals surface area contributed by atoms with Crippen LogP contribution in [-0.4, -0.2) is 18.0 Å². The van der Waals surface area contributed by atoms with Gasteiger partial charge in [0.05, 0.1) is 11.6 Å². The van der Waals surface area contributed by atoms with E-state index in [4.69, 9.17) is 0 Å². The van der Waals surface area contributed by atoms with Crippen LogP contribution in [0.5, 0.6) is 0 Å². The van der Waals surface area contributed by atoms with Gasteiger partial charge in [-0.3, -0.25) is 4.79 Å². The first-order valence-corrected chi connectivity index (χ1v) is 7.61. The predicted molar refractivity (Wildman–Crippen MR) is 77.8 cm³/mol. The molecule has 1 saturated heterocycles. The summed E-state index contributed by atoms with van der Waals surface area (Å²) in [7, 11) is 0. The van der Waals surface area contributed by atoms with E-state index in [0.29, 0.717) is 12.1 Å². The Balaban J connectivity index is 0.000000774. The lowest BCUT2D eigenvalue weighted by atomic mass is 9.91. The zero-order valence-corrected chi connectivity index (χ0v) is 12.5. The molecule has 5 heteroatoms. The average Bonchev–Trinajstić information content (AvgIpc) is 2.93. The number of hydrogen-bond donors (Lipinski definition) is 2. The van der Waals surface area contributed by atoms with Crippen LogP contribution in [0.4, 0.5) is 8.78 Å². The Morgan fingerprint density at radius 1 is 1.10 bits per heavy atom. The zero-order valence-electron chi connectivity index (χ0n) is 12.5. The van der Waals surface area contributed by atoms with Crippen molar-refractivity contribution in [1.29, 1.82) is 0 Å². The number of piperazine rings is 1. The van der Waals surface area contributed by atoms with Crippen LogP contribution in [0.3, 0.4) is 0 Å². The third-order valence-corrected chi connectivity index (χ3v) is 4.13. The van der Waals surface area contributed by atoms with E-state index >= 15 is 0 Å². The smallest absolute Gasteiger partial charge is 0.240 e. The summed E-state index contributed by atoms with van der Waals surface area (Å²) in [6.07, 6.45) is 3.76. The topological polar surface area (TPSA) is 41.1 Å². The van der Waals surface area contributed by atoms with Crippen LogP contribution in [0, 0.1) is 11.6 Å². The van der Waals surface area contributed by atoms with E-state index in [1.807, 2.05) is 13.8 Å². The molecule has 2 aliphatic rings. The molecule has 116 valence electrons. The number of rotatable bonds is 1. The summed E-state index contributed by atoms with van der Waals surface area (Å²) < 4.78 is 26.4. The highest BCUT2D eigenvalue weighted by molar-refractivity contribution is 5.87. The normalized spacial score (nSPS) is 23.4. The summed E-state index contributed by atoms with van der Waals surface area (Å²) in [6.45, 7) is 4.51. The van der Waals surface area contributed by atoms with Crippen molar-refractivity contribution in [3.8, 4) is 0 Å². The number of nitrogens with one attached hydrogen (secondary N) is 2. The molecule has 1 heterocycles. The number of carbonyl (C=O) groups excluding carboxylic acids is 1. The van der Waals surface area contributed by atoms with Gasteiger partial charge < -0.3 is 10.6 Å². The quantitative estimate of drug-likeness (QED) is 0.836. The third-order valence-electron chi connectivity index (χ3n) is 4.13. The number of hydrogen-bond acceptors (Lipinski definition) is 2. The summed E-state index contributed by atoms with van der Waals surface area (Å²) in [5, 5.41) is 6.16. The molecule has 21 heavy (non-hydrogen) atoms. The molecule has 1 spiro atoms. The zero-order chi connectivity index (χ0) is 15.5. The highest BCUT2D eigenvalue weighted by atomic mass is 19.1. The summed E-state index contributed by atoms with van der Waals surface area (Å²) in [5.74, 6) is -1.29. The SMILES string of the molecule is CC.O=C1NC(c2cc(F)cc(F)c2)CNC12CCCC2. The number of halogens is 2. The fourth-order valence-corrected chi connectivity index (χ4v) is 3.09. The van der Waals surface area contributed by atoms with E-state index in [2.05, 4.69) is 10.6 Å². The summed E-state index contributed by atoms with van der Waals surface area (Å²) in [4.78, 5) is 12.2. The molecule has 2 N–H and O–H groups in total. The largest absolute Gasteiger partial charge is 0.346 e. The minimum Gasteiger partial charge on any atom is -0.346 e. The number of carbonyl (C=O) groups is 1. The van der Waals surface area contributed by atoms with Crippen molar-refractivity contribution in [3.63, 3.8) is 0 Å². The molecule has 1 amide bonds. The van der Waals surface area contributed by atoms with Gasteiger partial charge in [0.2, 0.25) is 5.91 Å². The molecule has 1 aromatic rings. The first kappa shape index (κ1) is 15.9. The Kier molecular flexibility index (Phi) is 4.93. The molecule has 1 aliphatic carbocycles. The van der Waals surface area contributed by atoms with E-state index in [1.165, 1.54) is 12.1 Å². The molecule has 3 rings (SSSR count). The molecular formula is C16H22F2N2O. The fraction of sp³-hybridized carbons (Fsp3) is 0.562. The van der Waals surface area contributed by atoms with Crippen LogP contribution in [0.1, 0.15) is 51.1 Å². The van der Waals surface area contributed by atoms with Crippen molar-refractivity contribution in [2.45, 2.75) is 51.1 Å². The molecule has 1 saturated carbocycles. The van der Waals surface area contributed by atoms with Gasteiger partial charge in [-0.1, -0.05) is 26.7 Å². The second-order valence-electron chi connectivity index (χ2n) is 5.40. The van der Waals surface area contributed by atoms with Crippen molar-refractivity contribution in [2.24, 2.45) is 0 Å². The lowest BCUT2D eigenvalue weighted by molar-refractivity contribution is -0.130. The number of amides is 1. The Labute approximate surface area is 124 Å². The minimum absolute atomic E-state index is 0.0501. The van der Waals surface area contributed by atoms with Crippen molar-refractivity contribution < 1.29 is 13.6 Å². The Morgan fingerprint density at radius 3 is 2.19 bits per heavy atom. The molecule has 1 unspecified atom stereocenters. The maximum absolute atomic E-state index is 13.2. The molecule has 1 atom stereocenters. The highest BCUT2D eigenvalue weighted by Gasteiger charge is 2.44. The maximum Gasteiger partial charge on any atom is 0.240 e. The van der Waals surface area contributed by atoms with Gasteiger partial charge in [0.15, 0.2) is 0 Å². The minimum atomic E-state index is -0.620. The van der Waals surface area contributed by atoms with Gasteiger partial charge in [-0.2, -0.15) is 0 Å². The van der Waals surface area contributed by atoms with Gasteiger partial charge in [-0.05, 0) is 30.5 Å². The molecule has 1 aliphatic heterocycles. The van der Waals surface area contributed by atoms with Crippen LogP contribution in [0.15, 0.2) is 18.2 Å². The molecule has 0 radical (unpaired) electrons. The molecule has 0 aromatic heterocycles. The second-order valence-corrected chi connectivity index (χ2v) is 5.40. The van der Waals surface area contributed by atoms with Crippen molar-refractivity contribution >= 4 is 5.91 Å². The van der Waals surface area contributed by atoms with E-state index in [0.717, 1.165) is 31.7 Å². The van der Waals surface area contributed by atoms with E-state index in [9.17, 15) is 13.6 Å². The van der Waals surface area contributed by atoms with Crippen LogP contribution < -0.4 is 10.6 Å². The molecular weight excluding hydrogens is 274 g/mol. The van der Waals surface area contributed by atoms with E-state index in [-0.39, 0.29) is 11.9 Å². The van der Waals surface area contributed by atoms with Crippen molar-refractivity contribution in [3.05, 3.63) is 35.4 Å². The third kappa shape index (κ3) is 3.23. The van der Waals surface area contributed by atoms with Crippen molar-refractivity contribution in [2.75, 3.05) is 6.54 Å². The Morgan fingerprint density at radius 2 is 1.67 bits per heavy atom. The van der Waals surface area contributed by atoms with Gasteiger partial charge in [0, 0.05) is 12.6 Å². The average molecular weight is 296 g/mol.